The molecular formula is C14H14N2O4. The quantitative estimate of drug-likeness (QED) is 0.863. The number of nitrogens with zero attached hydrogens (tertiary/aromatic N) is 2. The second-order valence-electron chi connectivity index (χ2n) is 4.20. The van der Waals surface area contributed by atoms with Crippen LogP contribution in [0.2, 0.25) is 0 Å². The van der Waals surface area contributed by atoms with Crippen molar-refractivity contribution in [3.8, 4) is 11.8 Å². The number of carbonyl (C=O) groups is 1. The Bertz CT molecular complexity index is 611. The molecule has 0 saturated carbocycles. The lowest BCUT2D eigenvalue weighted by Crippen LogP contribution is -2.04. The summed E-state index contributed by atoms with van der Waals surface area (Å²) in [5.41, 5.74) is 1.39. The highest BCUT2D eigenvalue weighted by Gasteiger charge is 2.10. The van der Waals surface area contributed by atoms with E-state index in [0.29, 0.717) is 17.9 Å². The minimum Gasteiger partial charge on any atom is -0.477 e. The first-order valence-corrected chi connectivity index (χ1v) is 6.05. The van der Waals surface area contributed by atoms with E-state index in [2.05, 4.69) is 9.97 Å². The highest BCUT2D eigenvalue weighted by Crippen LogP contribution is 2.19. The van der Waals surface area contributed by atoms with Crippen LogP contribution in [0.1, 0.15) is 21.7 Å². The second-order valence-corrected chi connectivity index (χ2v) is 4.20. The van der Waals surface area contributed by atoms with Crippen molar-refractivity contribution in [2.75, 3.05) is 6.61 Å². The van der Waals surface area contributed by atoms with Crippen molar-refractivity contribution < 1.29 is 19.7 Å². The molecule has 0 atom stereocenters. The van der Waals surface area contributed by atoms with Crippen LogP contribution >= 0.6 is 0 Å². The van der Waals surface area contributed by atoms with Gasteiger partial charge in [0.05, 0.1) is 0 Å². The number of aliphatic hydroxyl groups excluding tert-OH is 1. The summed E-state index contributed by atoms with van der Waals surface area (Å²) in [6.45, 7) is 1.76. The summed E-state index contributed by atoms with van der Waals surface area (Å²) >= 11 is 0. The monoisotopic (exact) mass is 274 g/mol. The molecule has 2 rings (SSSR count). The molecule has 2 N–H and O–H groups in total. The van der Waals surface area contributed by atoms with Crippen LogP contribution in [0.4, 0.5) is 0 Å². The van der Waals surface area contributed by atoms with Crippen LogP contribution in [0.5, 0.6) is 11.8 Å². The fourth-order valence-corrected chi connectivity index (χ4v) is 1.66. The van der Waals surface area contributed by atoms with Crippen LogP contribution in [0.3, 0.4) is 0 Å². The topological polar surface area (TPSA) is 92.5 Å². The van der Waals surface area contributed by atoms with Gasteiger partial charge in [-0.1, -0.05) is 12.1 Å². The van der Waals surface area contributed by atoms with Gasteiger partial charge in [0.25, 0.3) is 0 Å². The van der Waals surface area contributed by atoms with Gasteiger partial charge in [-0.05, 0) is 37.1 Å². The number of ether oxygens (including phenoxy) is 1. The molecular weight excluding hydrogens is 260 g/mol. The number of carboxylic acids is 1. The minimum absolute atomic E-state index is 0.00249. The van der Waals surface area contributed by atoms with E-state index in [0.717, 1.165) is 5.56 Å². The number of aryl methyl sites for hydroxylation is 1. The highest BCUT2D eigenvalue weighted by atomic mass is 16.5. The zero-order valence-electron chi connectivity index (χ0n) is 10.9. The van der Waals surface area contributed by atoms with Crippen LogP contribution in [-0.2, 0) is 6.42 Å². The van der Waals surface area contributed by atoms with E-state index >= 15 is 0 Å². The number of carboxylic acid groups (broad SMARTS) is 1. The summed E-state index contributed by atoms with van der Waals surface area (Å²) in [6, 6.07) is 8.45. The van der Waals surface area contributed by atoms with E-state index in [1.165, 1.54) is 6.07 Å². The molecule has 104 valence electrons. The molecule has 0 unspecified atom stereocenters. The summed E-state index contributed by atoms with van der Waals surface area (Å²) in [4.78, 5) is 18.8. The lowest BCUT2D eigenvalue weighted by molar-refractivity contribution is 0.0689. The van der Waals surface area contributed by atoms with Crippen molar-refractivity contribution >= 4 is 5.97 Å². The van der Waals surface area contributed by atoms with Gasteiger partial charge >= 0.3 is 12.0 Å². The first kappa shape index (κ1) is 14.0. The Kier molecular flexibility index (Phi) is 4.27. The molecule has 0 aliphatic heterocycles. The van der Waals surface area contributed by atoms with Crippen LogP contribution in [0.25, 0.3) is 0 Å². The Morgan fingerprint density at radius 2 is 1.95 bits per heavy atom. The molecule has 0 aliphatic rings. The molecule has 0 bridgehead atoms. The third-order valence-electron chi connectivity index (χ3n) is 2.59. The van der Waals surface area contributed by atoms with Crippen LogP contribution < -0.4 is 4.74 Å². The first-order chi connectivity index (χ1) is 9.58. The van der Waals surface area contributed by atoms with Crippen LogP contribution in [0.15, 0.2) is 30.3 Å². The van der Waals surface area contributed by atoms with Crippen molar-refractivity contribution in [3.63, 3.8) is 0 Å². The predicted octanol–water partition coefficient (Wildman–Crippen LogP) is 1.81. The fraction of sp³-hybridized carbons (Fsp3) is 0.214. The Labute approximate surface area is 115 Å². The number of aromatic nitrogens is 2. The molecule has 0 fully saturated rings. The van der Waals surface area contributed by atoms with Crippen LogP contribution in [0, 0.1) is 6.92 Å². The lowest BCUT2D eigenvalue weighted by Gasteiger charge is -2.06. The molecule has 1 heterocycles. The molecule has 1 aromatic heterocycles. The van der Waals surface area contributed by atoms with Gasteiger partial charge in [-0.25, -0.2) is 9.78 Å². The normalized spacial score (nSPS) is 10.3. The highest BCUT2D eigenvalue weighted by molar-refractivity contribution is 5.85. The Hall–Kier alpha value is -2.47. The van der Waals surface area contributed by atoms with E-state index in [1.54, 1.807) is 19.1 Å². The average molecular weight is 274 g/mol. The summed E-state index contributed by atoms with van der Waals surface area (Å²) in [5, 5.41) is 17.8. The van der Waals surface area contributed by atoms with Gasteiger partial charge < -0.3 is 14.9 Å². The van der Waals surface area contributed by atoms with E-state index in [1.807, 2.05) is 12.1 Å². The number of hydrogen-bond acceptors (Lipinski definition) is 5. The average Bonchev–Trinajstić information content (AvgIpc) is 2.40. The number of hydrogen-bond donors (Lipinski definition) is 2. The summed E-state index contributed by atoms with van der Waals surface area (Å²) in [7, 11) is 0. The molecule has 0 aliphatic carbocycles. The smallest absolute Gasteiger partial charge is 0.354 e. The summed E-state index contributed by atoms with van der Waals surface area (Å²) in [6.07, 6.45) is 0.574. The van der Waals surface area contributed by atoms with E-state index in [-0.39, 0.29) is 18.3 Å². The number of aromatic carboxylic acids is 1. The Balaban J connectivity index is 2.19. The Morgan fingerprint density at radius 3 is 2.55 bits per heavy atom. The van der Waals surface area contributed by atoms with Gasteiger partial charge in [-0.15, -0.1) is 0 Å². The van der Waals surface area contributed by atoms with E-state index < -0.39 is 5.97 Å². The molecule has 2 aromatic rings. The van der Waals surface area contributed by atoms with Crippen LogP contribution in [-0.4, -0.2) is 32.8 Å². The third kappa shape index (κ3) is 3.52. The van der Waals surface area contributed by atoms with Crippen molar-refractivity contribution in [1.29, 1.82) is 0 Å². The molecule has 6 heteroatoms. The Morgan fingerprint density at radius 1 is 1.25 bits per heavy atom. The van der Waals surface area contributed by atoms with Gasteiger partial charge in [0.1, 0.15) is 5.75 Å². The molecule has 0 saturated heterocycles. The first-order valence-electron chi connectivity index (χ1n) is 6.05. The van der Waals surface area contributed by atoms with Crippen molar-refractivity contribution in [3.05, 3.63) is 47.3 Å². The zero-order valence-corrected chi connectivity index (χ0v) is 10.9. The van der Waals surface area contributed by atoms with Gasteiger partial charge in [0, 0.05) is 12.3 Å². The minimum atomic E-state index is -1.13. The van der Waals surface area contributed by atoms with Crippen molar-refractivity contribution in [2.24, 2.45) is 0 Å². The van der Waals surface area contributed by atoms with Crippen molar-refractivity contribution in [2.45, 2.75) is 13.3 Å². The molecule has 0 radical (unpaired) electrons. The SMILES string of the molecule is Cc1cc(C(=O)O)nc(Oc2ccc(CCO)cc2)n1. The summed E-state index contributed by atoms with van der Waals surface area (Å²) in [5.74, 6) is -0.618. The van der Waals surface area contributed by atoms with Gasteiger partial charge in [-0.3, -0.25) is 0 Å². The molecule has 20 heavy (non-hydrogen) atoms. The standard InChI is InChI=1S/C14H14N2O4/c1-9-8-12(13(18)19)16-14(15-9)20-11-4-2-10(3-5-11)6-7-17/h2-5,8,17H,6-7H2,1H3,(H,18,19). The maximum Gasteiger partial charge on any atom is 0.354 e. The number of benzene rings is 1. The van der Waals surface area contributed by atoms with Gasteiger partial charge in [-0.2, -0.15) is 4.98 Å². The molecule has 0 spiro atoms. The van der Waals surface area contributed by atoms with E-state index in [4.69, 9.17) is 14.9 Å². The van der Waals surface area contributed by atoms with Gasteiger partial charge in [0.2, 0.25) is 0 Å². The number of aliphatic hydroxyl groups is 1. The summed E-state index contributed by atoms with van der Waals surface area (Å²) < 4.78 is 5.44. The maximum absolute atomic E-state index is 10.9. The number of rotatable bonds is 5. The molecule has 1 aromatic carbocycles. The third-order valence-corrected chi connectivity index (χ3v) is 2.59. The predicted molar refractivity (Wildman–Crippen MR) is 71.0 cm³/mol. The molecule has 6 nitrogen and oxygen atoms in total. The molecule has 0 amide bonds. The lowest BCUT2D eigenvalue weighted by atomic mass is 10.1. The maximum atomic E-state index is 10.9. The zero-order chi connectivity index (χ0) is 14.5. The van der Waals surface area contributed by atoms with Gasteiger partial charge in [0.15, 0.2) is 5.69 Å². The van der Waals surface area contributed by atoms with E-state index in [9.17, 15) is 4.79 Å². The fourth-order valence-electron chi connectivity index (χ4n) is 1.66. The largest absolute Gasteiger partial charge is 0.477 e. The second kappa shape index (κ2) is 6.12. The van der Waals surface area contributed by atoms with Crippen molar-refractivity contribution in [1.82, 2.24) is 9.97 Å².